The molecule has 4 rings (SSSR count). The number of hydrogen-bond acceptors (Lipinski definition) is 4. The Balaban J connectivity index is 1.46. The first kappa shape index (κ1) is 21.1. The van der Waals surface area contributed by atoms with Gasteiger partial charge in [0.2, 0.25) is 0 Å². The lowest BCUT2D eigenvalue weighted by Crippen LogP contribution is -2.36. The minimum absolute atomic E-state index is 0.144. The molecule has 0 aromatic heterocycles. The maximum absolute atomic E-state index is 14.1. The van der Waals surface area contributed by atoms with Crippen LogP contribution in [0.5, 0.6) is 0 Å². The highest BCUT2D eigenvalue weighted by molar-refractivity contribution is 6.53. The van der Waals surface area contributed by atoms with Crippen molar-refractivity contribution < 1.29 is 18.8 Å². The lowest BCUT2D eigenvalue weighted by atomic mass is 9.95. The van der Waals surface area contributed by atoms with Crippen LogP contribution in [0, 0.1) is 5.82 Å². The average molecular weight is 442 g/mol. The SMILES string of the molecule is O=C(NC1CCCCC1)c1ccc(NC2=C(Cl)C(=O)N(c3ccccc3F)C2=O)cc1. The van der Waals surface area contributed by atoms with Crippen LogP contribution in [0.15, 0.2) is 59.3 Å². The molecular weight excluding hydrogens is 421 g/mol. The fourth-order valence-electron chi connectivity index (χ4n) is 3.83. The standard InChI is InChI=1S/C23H21ClFN3O3/c24-19-20(23(31)28(22(19)30)18-9-5-4-8-17(18)25)26-16-12-10-14(11-13-16)21(29)27-15-6-2-1-3-7-15/h4-5,8-13,15,26H,1-3,6-7H2,(H,27,29). The summed E-state index contributed by atoms with van der Waals surface area (Å²) in [6.45, 7) is 0. The first-order chi connectivity index (χ1) is 15.0. The second-order valence-corrected chi connectivity index (χ2v) is 7.97. The number of benzene rings is 2. The van der Waals surface area contributed by atoms with E-state index >= 15 is 0 Å². The van der Waals surface area contributed by atoms with Crippen molar-refractivity contribution in [3.05, 3.63) is 70.6 Å². The molecule has 0 saturated heterocycles. The zero-order valence-electron chi connectivity index (χ0n) is 16.7. The molecule has 1 fully saturated rings. The number of carbonyl (C=O) groups is 3. The van der Waals surface area contributed by atoms with Crippen molar-refractivity contribution in [2.45, 2.75) is 38.1 Å². The van der Waals surface area contributed by atoms with Gasteiger partial charge in [0.25, 0.3) is 17.7 Å². The van der Waals surface area contributed by atoms with Crippen LogP contribution in [0.25, 0.3) is 0 Å². The number of carbonyl (C=O) groups excluding carboxylic acids is 3. The third kappa shape index (κ3) is 4.32. The molecule has 31 heavy (non-hydrogen) atoms. The van der Waals surface area contributed by atoms with Gasteiger partial charge in [-0.3, -0.25) is 14.4 Å². The summed E-state index contributed by atoms with van der Waals surface area (Å²) in [5.41, 5.74) is 0.661. The van der Waals surface area contributed by atoms with Crippen LogP contribution in [-0.2, 0) is 9.59 Å². The van der Waals surface area contributed by atoms with E-state index in [0.717, 1.165) is 31.7 Å². The predicted molar refractivity (Wildman–Crippen MR) is 116 cm³/mol. The lowest BCUT2D eigenvalue weighted by molar-refractivity contribution is -0.120. The summed E-state index contributed by atoms with van der Waals surface area (Å²) in [7, 11) is 0. The van der Waals surface area contributed by atoms with Crippen molar-refractivity contribution in [2.75, 3.05) is 10.2 Å². The molecule has 0 unspecified atom stereocenters. The second kappa shape index (κ2) is 8.89. The monoisotopic (exact) mass is 441 g/mol. The largest absolute Gasteiger partial charge is 0.350 e. The van der Waals surface area contributed by atoms with Gasteiger partial charge in [0.15, 0.2) is 0 Å². The quantitative estimate of drug-likeness (QED) is 0.677. The van der Waals surface area contributed by atoms with Crippen LogP contribution >= 0.6 is 11.6 Å². The van der Waals surface area contributed by atoms with Crippen molar-refractivity contribution in [2.24, 2.45) is 0 Å². The van der Waals surface area contributed by atoms with Crippen LogP contribution in [0.1, 0.15) is 42.5 Å². The van der Waals surface area contributed by atoms with E-state index in [4.69, 9.17) is 11.6 Å². The summed E-state index contributed by atoms with van der Waals surface area (Å²) in [5, 5.41) is 5.54. The van der Waals surface area contributed by atoms with Gasteiger partial charge in [-0.2, -0.15) is 0 Å². The fourth-order valence-corrected chi connectivity index (χ4v) is 4.04. The van der Waals surface area contributed by atoms with E-state index in [2.05, 4.69) is 10.6 Å². The molecule has 6 nitrogen and oxygen atoms in total. The van der Waals surface area contributed by atoms with E-state index in [-0.39, 0.29) is 28.4 Å². The van der Waals surface area contributed by atoms with Gasteiger partial charge < -0.3 is 10.6 Å². The maximum Gasteiger partial charge on any atom is 0.283 e. The van der Waals surface area contributed by atoms with E-state index in [0.29, 0.717) is 16.2 Å². The summed E-state index contributed by atoms with van der Waals surface area (Å²) in [5.74, 6) is -2.40. The van der Waals surface area contributed by atoms with Crippen molar-refractivity contribution in [3.8, 4) is 0 Å². The van der Waals surface area contributed by atoms with Crippen molar-refractivity contribution >= 4 is 40.7 Å². The van der Waals surface area contributed by atoms with Crippen LogP contribution in [0.4, 0.5) is 15.8 Å². The Morgan fingerprint density at radius 3 is 2.32 bits per heavy atom. The van der Waals surface area contributed by atoms with Crippen molar-refractivity contribution in [3.63, 3.8) is 0 Å². The Bertz CT molecular complexity index is 1060. The number of imide groups is 1. The van der Waals surface area contributed by atoms with Gasteiger partial charge in [0.1, 0.15) is 16.5 Å². The van der Waals surface area contributed by atoms with E-state index in [9.17, 15) is 18.8 Å². The molecule has 1 heterocycles. The zero-order valence-corrected chi connectivity index (χ0v) is 17.4. The van der Waals surface area contributed by atoms with Crippen LogP contribution in [0.2, 0.25) is 0 Å². The third-order valence-corrected chi connectivity index (χ3v) is 5.83. The number of hydrogen-bond donors (Lipinski definition) is 2. The molecule has 1 aliphatic heterocycles. The maximum atomic E-state index is 14.1. The fraction of sp³-hybridized carbons (Fsp3) is 0.261. The summed E-state index contributed by atoms with van der Waals surface area (Å²) >= 11 is 6.08. The van der Waals surface area contributed by atoms with Crippen LogP contribution in [-0.4, -0.2) is 23.8 Å². The molecule has 0 radical (unpaired) electrons. The van der Waals surface area contributed by atoms with E-state index < -0.39 is 17.6 Å². The molecule has 2 aromatic rings. The molecule has 0 spiro atoms. The Morgan fingerprint density at radius 2 is 1.65 bits per heavy atom. The lowest BCUT2D eigenvalue weighted by Gasteiger charge is -2.22. The van der Waals surface area contributed by atoms with Gasteiger partial charge in [-0.1, -0.05) is 43.0 Å². The van der Waals surface area contributed by atoms with Gasteiger partial charge in [-0.05, 0) is 49.2 Å². The minimum Gasteiger partial charge on any atom is -0.350 e. The molecule has 2 aromatic carbocycles. The highest BCUT2D eigenvalue weighted by Crippen LogP contribution is 2.31. The molecule has 2 aliphatic rings. The summed E-state index contributed by atoms with van der Waals surface area (Å²) in [4.78, 5) is 38.4. The second-order valence-electron chi connectivity index (χ2n) is 7.60. The number of nitrogens with zero attached hydrogens (tertiary/aromatic N) is 1. The third-order valence-electron chi connectivity index (χ3n) is 5.48. The molecule has 3 amide bonds. The smallest absolute Gasteiger partial charge is 0.283 e. The molecule has 0 atom stereocenters. The van der Waals surface area contributed by atoms with E-state index in [1.165, 1.54) is 24.6 Å². The molecule has 160 valence electrons. The number of rotatable bonds is 5. The highest BCUT2D eigenvalue weighted by Gasteiger charge is 2.40. The van der Waals surface area contributed by atoms with Gasteiger partial charge >= 0.3 is 0 Å². The Morgan fingerprint density at radius 1 is 0.968 bits per heavy atom. The van der Waals surface area contributed by atoms with Crippen molar-refractivity contribution in [1.29, 1.82) is 0 Å². The first-order valence-corrected chi connectivity index (χ1v) is 10.5. The summed E-state index contributed by atoms with van der Waals surface area (Å²) in [6, 6.07) is 12.2. The van der Waals surface area contributed by atoms with E-state index in [1.807, 2.05) is 0 Å². The molecule has 2 N–H and O–H groups in total. The number of anilines is 2. The number of nitrogens with one attached hydrogen (secondary N) is 2. The predicted octanol–water partition coefficient (Wildman–Crippen LogP) is 4.32. The Labute approximate surface area is 184 Å². The number of para-hydroxylation sites is 1. The summed E-state index contributed by atoms with van der Waals surface area (Å²) < 4.78 is 14.1. The number of halogens is 2. The molecule has 0 bridgehead atoms. The van der Waals surface area contributed by atoms with Crippen LogP contribution < -0.4 is 15.5 Å². The van der Waals surface area contributed by atoms with Gasteiger partial charge in [0, 0.05) is 17.3 Å². The molecule has 1 aliphatic carbocycles. The topological polar surface area (TPSA) is 78.5 Å². The molecule has 1 saturated carbocycles. The van der Waals surface area contributed by atoms with Gasteiger partial charge in [-0.15, -0.1) is 0 Å². The normalized spacial score (nSPS) is 17.3. The average Bonchev–Trinajstić information content (AvgIpc) is 2.98. The molecular formula is C23H21ClFN3O3. The minimum atomic E-state index is -0.803. The molecule has 8 heteroatoms. The van der Waals surface area contributed by atoms with Crippen LogP contribution in [0.3, 0.4) is 0 Å². The highest BCUT2D eigenvalue weighted by atomic mass is 35.5. The van der Waals surface area contributed by atoms with E-state index in [1.54, 1.807) is 24.3 Å². The van der Waals surface area contributed by atoms with Gasteiger partial charge in [0.05, 0.1) is 5.69 Å². The van der Waals surface area contributed by atoms with Gasteiger partial charge in [-0.25, -0.2) is 9.29 Å². The summed E-state index contributed by atoms with van der Waals surface area (Å²) in [6.07, 6.45) is 5.45. The Kier molecular flexibility index (Phi) is 6.04. The zero-order chi connectivity index (χ0) is 22.0. The Hall–Kier alpha value is -3.19. The number of amides is 3. The first-order valence-electron chi connectivity index (χ1n) is 10.2. The van der Waals surface area contributed by atoms with Crippen molar-refractivity contribution in [1.82, 2.24) is 5.32 Å².